The molecular weight excluding hydrogens is 593 g/mol. The third-order valence-electron chi connectivity index (χ3n) is 7.48. The maximum atomic E-state index is 13.9. The molecule has 1 unspecified atom stereocenters. The van der Waals surface area contributed by atoms with Crippen LogP contribution in [-0.4, -0.2) is 50.0 Å². The van der Waals surface area contributed by atoms with Gasteiger partial charge in [0.1, 0.15) is 6.04 Å². The fourth-order valence-corrected chi connectivity index (χ4v) is 6.67. The lowest BCUT2D eigenvalue weighted by molar-refractivity contribution is -0.141. The molecule has 0 spiro atoms. The Morgan fingerprint density at radius 3 is 2.21 bits per heavy atom. The van der Waals surface area contributed by atoms with Gasteiger partial charge >= 0.3 is 0 Å². The number of nitrogens with zero attached hydrogens (tertiary/aromatic N) is 2. The minimum absolute atomic E-state index is 0.0577. The molecule has 4 rings (SSSR count). The van der Waals surface area contributed by atoms with Gasteiger partial charge in [0.05, 0.1) is 11.9 Å². The Bertz CT molecular complexity index is 1450. The largest absolute Gasteiger partial charge is 0.352 e. The van der Waals surface area contributed by atoms with E-state index in [1.807, 2.05) is 42.5 Å². The van der Waals surface area contributed by atoms with E-state index in [-0.39, 0.29) is 43.8 Å². The van der Waals surface area contributed by atoms with Crippen molar-refractivity contribution in [2.75, 3.05) is 17.1 Å². The Labute approximate surface area is 258 Å². The lowest BCUT2D eigenvalue weighted by atomic mass is 10.0. The van der Waals surface area contributed by atoms with Crippen molar-refractivity contribution in [1.82, 2.24) is 10.2 Å². The second-order valence-corrected chi connectivity index (χ2v) is 13.5. The number of halogens is 2. The molecule has 1 aliphatic carbocycles. The standard InChI is InChI=1S/C32H37Cl2N3O4S/c1-42(40,41)37(29-18-16-26(33)17-19-29)20-8-15-31(38)36(23-25-11-7-12-27(34)21-25)30(22-24-9-3-2-4-10-24)32(39)35-28-13-5-6-14-28/h2-4,7,9-12,16-19,21,28,30H,5-6,8,13-15,20,22-23H2,1H3,(H,35,39). The zero-order chi connectivity index (χ0) is 30.1. The van der Waals surface area contributed by atoms with Crippen LogP contribution < -0.4 is 9.62 Å². The molecule has 0 heterocycles. The Morgan fingerprint density at radius 1 is 0.905 bits per heavy atom. The van der Waals surface area contributed by atoms with Crippen LogP contribution in [0.25, 0.3) is 0 Å². The lowest BCUT2D eigenvalue weighted by Gasteiger charge is -2.33. The Morgan fingerprint density at radius 2 is 1.57 bits per heavy atom. The molecule has 10 heteroatoms. The molecule has 224 valence electrons. The fourth-order valence-electron chi connectivity index (χ4n) is 5.36. The number of rotatable bonds is 13. The quantitative estimate of drug-likeness (QED) is 0.242. The molecular formula is C32H37Cl2N3O4S. The topological polar surface area (TPSA) is 86.8 Å². The van der Waals surface area contributed by atoms with Crippen molar-refractivity contribution in [2.24, 2.45) is 0 Å². The molecule has 3 aromatic carbocycles. The highest BCUT2D eigenvalue weighted by molar-refractivity contribution is 7.92. The second-order valence-electron chi connectivity index (χ2n) is 10.8. The normalized spacial score (nSPS) is 14.4. The van der Waals surface area contributed by atoms with Gasteiger partial charge in [-0.1, -0.05) is 78.5 Å². The van der Waals surface area contributed by atoms with Gasteiger partial charge in [0.25, 0.3) is 0 Å². The molecule has 1 saturated carbocycles. The molecule has 3 aromatic rings. The maximum absolute atomic E-state index is 13.9. The van der Waals surface area contributed by atoms with Crippen molar-refractivity contribution in [3.05, 3.63) is 100 Å². The number of hydrogen-bond donors (Lipinski definition) is 1. The third kappa shape index (κ3) is 9.21. The second kappa shape index (κ2) is 14.9. The van der Waals surface area contributed by atoms with Crippen molar-refractivity contribution >= 4 is 50.7 Å². The van der Waals surface area contributed by atoms with Gasteiger partial charge in [-0.2, -0.15) is 0 Å². The summed E-state index contributed by atoms with van der Waals surface area (Å²) < 4.78 is 26.5. The van der Waals surface area contributed by atoms with E-state index in [0.717, 1.165) is 43.1 Å². The van der Waals surface area contributed by atoms with E-state index >= 15 is 0 Å². The highest BCUT2D eigenvalue weighted by Gasteiger charge is 2.32. The van der Waals surface area contributed by atoms with Crippen LogP contribution in [0.5, 0.6) is 0 Å². The maximum Gasteiger partial charge on any atom is 0.243 e. The summed E-state index contributed by atoms with van der Waals surface area (Å²) in [6.07, 6.45) is 5.82. The number of benzene rings is 3. The Hall–Kier alpha value is -3.07. The van der Waals surface area contributed by atoms with Crippen molar-refractivity contribution in [3.63, 3.8) is 0 Å². The van der Waals surface area contributed by atoms with Crippen LogP contribution >= 0.6 is 23.2 Å². The van der Waals surface area contributed by atoms with E-state index in [1.165, 1.54) is 4.31 Å². The predicted molar refractivity (Wildman–Crippen MR) is 169 cm³/mol. The Kier molecular flexibility index (Phi) is 11.3. The molecule has 1 N–H and O–H groups in total. The molecule has 1 fully saturated rings. The van der Waals surface area contributed by atoms with Gasteiger partial charge in [-0.3, -0.25) is 13.9 Å². The van der Waals surface area contributed by atoms with Crippen LogP contribution in [0.3, 0.4) is 0 Å². The zero-order valence-electron chi connectivity index (χ0n) is 23.7. The van der Waals surface area contributed by atoms with Crippen LogP contribution in [0.15, 0.2) is 78.9 Å². The van der Waals surface area contributed by atoms with Crippen LogP contribution in [0, 0.1) is 0 Å². The molecule has 2 amide bonds. The highest BCUT2D eigenvalue weighted by Crippen LogP contribution is 2.23. The summed E-state index contributed by atoms with van der Waals surface area (Å²) in [4.78, 5) is 29.4. The lowest BCUT2D eigenvalue weighted by Crippen LogP contribution is -2.52. The molecule has 0 saturated heterocycles. The highest BCUT2D eigenvalue weighted by atomic mass is 35.5. The number of anilines is 1. The van der Waals surface area contributed by atoms with Crippen LogP contribution in [0.4, 0.5) is 5.69 Å². The number of nitrogens with one attached hydrogen (secondary N) is 1. The minimum atomic E-state index is -3.60. The average Bonchev–Trinajstić information content (AvgIpc) is 3.46. The van der Waals surface area contributed by atoms with Crippen LogP contribution in [0.2, 0.25) is 10.0 Å². The number of amides is 2. The molecule has 0 radical (unpaired) electrons. The summed E-state index contributed by atoms with van der Waals surface area (Å²) in [7, 11) is -3.60. The SMILES string of the molecule is CS(=O)(=O)N(CCCC(=O)N(Cc1cccc(Cl)c1)C(Cc1ccccc1)C(=O)NC1CCCC1)c1ccc(Cl)cc1. The van der Waals surface area contributed by atoms with Gasteiger partial charge in [-0.25, -0.2) is 8.42 Å². The summed E-state index contributed by atoms with van der Waals surface area (Å²) >= 11 is 12.3. The third-order valence-corrected chi connectivity index (χ3v) is 9.16. The molecule has 0 bridgehead atoms. The minimum Gasteiger partial charge on any atom is -0.352 e. The van der Waals surface area contributed by atoms with E-state index in [2.05, 4.69) is 5.32 Å². The first-order valence-corrected chi connectivity index (χ1v) is 16.8. The first kappa shape index (κ1) is 31.9. The number of carbonyl (C=O) groups is 2. The molecule has 42 heavy (non-hydrogen) atoms. The number of sulfonamides is 1. The van der Waals surface area contributed by atoms with Crippen molar-refractivity contribution in [3.8, 4) is 0 Å². The number of carbonyl (C=O) groups excluding carboxylic acids is 2. The predicted octanol–water partition coefficient (Wildman–Crippen LogP) is 6.24. The van der Waals surface area contributed by atoms with E-state index in [0.29, 0.717) is 22.2 Å². The number of hydrogen-bond acceptors (Lipinski definition) is 4. The van der Waals surface area contributed by atoms with Crippen LogP contribution in [-0.2, 0) is 32.6 Å². The summed E-state index contributed by atoms with van der Waals surface area (Å²) in [5.41, 5.74) is 2.23. The van der Waals surface area contributed by atoms with Crippen molar-refractivity contribution < 1.29 is 18.0 Å². The summed E-state index contributed by atoms with van der Waals surface area (Å²) in [6.45, 7) is 0.302. The van der Waals surface area contributed by atoms with E-state index in [1.54, 1.807) is 41.3 Å². The first-order valence-electron chi connectivity index (χ1n) is 14.2. The van der Waals surface area contributed by atoms with Gasteiger partial charge < -0.3 is 10.2 Å². The average molecular weight is 631 g/mol. The summed E-state index contributed by atoms with van der Waals surface area (Å²) in [5.74, 6) is -0.415. The zero-order valence-corrected chi connectivity index (χ0v) is 26.0. The summed E-state index contributed by atoms with van der Waals surface area (Å²) in [6, 6.07) is 22.8. The molecule has 0 aliphatic heterocycles. The molecule has 7 nitrogen and oxygen atoms in total. The van der Waals surface area contributed by atoms with Gasteiger partial charge in [-0.15, -0.1) is 0 Å². The fraction of sp³-hybridized carbons (Fsp3) is 0.375. The molecule has 1 atom stereocenters. The first-order chi connectivity index (χ1) is 20.1. The van der Waals surface area contributed by atoms with Gasteiger partial charge in [0.15, 0.2) is 0 Å². The van der Waals surface area contributed by atoms with E-state index < -0.39 is 16.1 Å². The van der Waals surface area contributed by atoms with Gasteiger partial charge in [0, 0.05) is 42.0 Å². The summed E-state index contributed by atoms with van der Waals surface area (Å²) in [5, 5.41) is 4.24. The molecule has 1 aliphatic rings. The Balaban J connectivity index is 1.58. The van der Waals surface area contributed by atoms with Crippen LogP contribution in [0.1, 0.15) is 49.7 Å². The monoisotopic (exact) mass is 629 g/mol. The molecule has 0 aromatic heterocycles. The van der Waals surface area contributed by atoms with E-state index in [9.17, 15) is 18.0 Å². The van der Waals surface area contributed by atoms with Crippen molar-refractivity contribution in [2.45, 2.75) is 63.6 Å². The van der Waals surface area contributed by atoms with Gasteiger partial charge in [0.2, 0.25) is 21.8 Å². The van der Waals surface area contributed by atoms with Crippen molar-refractivity contribution in [1.29, 1.82) is 0 Å². The smallest absolute Gasteiger partial charge is 0.243 e. The van der Waals surface area contributed by atoms with E-state index in [4.69, 9.17) is 23.2 Å². The van der Waals surface area contributed by atoms with Gasteiger partial charge in [-0.05, 0) is 66.8 Å².